The monoisotopic (exact) mass is 330 g/mol. The molecule has 1 fully saturated rings. The Labute approximate surface area is 119 Å². The van der Waals surface area contributed by atoms with Crippen molar-refractivity contribution < 1.29 is 9.66 Å². The van der Waals surface area contributed by atoms with Crippen LogP contribution in [-0.4, -0.2) is 49.3 Å². The summed E-state index contributed by atoms with van der Waals surface area (Å²) in [5, 5.41) is 13.8. The summed E-state index contributed by atoms with van der Waals surface area (Å²) in [5.41, 5.74) is -0.0179. The van der Waals surface area contributed by atoms with Crippen LogP contribution in [0.1, 0.15) is 0 Å². The number of nitro groups is 1. The topological polar surface area (TPSA) is 80.5 Å². The first-order valence-electron chi connectivity index (χ1n) is 5.93. The van der Waals surface area contributed by atoms with Crippen molar-refractivity contribution in [1.29, 1.82) is 0 Å². The van der Waals surface area contributed by atoms with Crippen molar-refractivity contribution in [2.75, 3.05) is 38.2 Å². The van der Waals surface area contributed by atoms with E-state index < -0.39 is 4.92 Å². The maximum atomic E-state index is 10.7. The number of likely N-dealkylation sites (N-methyl/N-ethyl adjacent to an activating group) is 1. The molecular formula is C11H15BrN4O3. The number of nitrogens with one attached hydrogen (secondary N) is 1. The van der Waals surface area contributed by atoms with Crippen LogP contribution >= 0.6 is 15.9 Å². The fraction of sp³-hybridized carbons (Fsp3) is 0.545. The van der Waals surface area contributed by atoms with Gasteiger partial charge in [-0.3, -0.25) is 10.1 Å². The lowest BCUT2D eigenvalue weighted by Crippen LogP contribution is -2.46. The Bertz CT molecular complexity index is 469. The third kappa shape index (κ3) is 3.40. The molecule has 1 N–H and O–H groups in total. The molecule has 104 valence electrons. The van der Waals surface area contributed by atoms with Gasteiger partial charge in [0.2, 0.25) is 0 Å². The summed E-state index contributed by atoms with van der Waals surface area (Å²) in [6.45, 7) is 2.83. The molecule has 0 radical (unpaired) electrons. The Hall–Kier alpha value is -1.25. The Morgan fingerprint density at radius 1 is 1.74 bits per heavy atom. The highest BCUT2D eigenvalue weighted by atomic mass is 79.9. The highest BCUT2D eigenvalue weighted by Crippen LogP contribution is 2.28. The van der Waals surface area contributed by atoms with E-state index in [4.69, 9.17) is 4.74 Å². The summed E-state index contributed by atoms with van der Waals surface area (Å²) in [4.78, 5) is 16.5. The Morgan fingerprint density at radius 2 is 2.53 bits per heavy atom. The van der Waals surface area contributed by atoms with Crippen LogP contribution < -0.4 is 10.2 Å². The zero-order valence-electron chi connectivity index (χ0n) is 10.5. The summed E-state index contributed by atoms with van der Waals surface area (Å²) in [5.74, 6) is 0.718. The van der Waals surface area contributed by atoms with Crippen LogP contribution in [0.25, 0.3) is 0 Å². The average molecular weight is 331 g/mol. The minimum atomic E-state index is -0.454. The highest BCUT2D eigenvalue weighted by Gasteiger charge is 2.23. The number of morpholine rings is 1. The fourth-order valence-corrected chi connectivity index (χ4v) is 2.60. The van der Waals surface area contributed by atoms with Gasteiger partial charge in [-0.2, -0.15) is 0 Å². The van der Waals surface area contributed by atoms with Crippen LogP contribution in [0.15, 0.2) is 16.7 Å². The quantitative estimate of drug-likeness (QED) is 0.659. The summed E-state index contributed by atoms with van der Waals surface area (Å²) < 4.78 is 6.25. The van der Waals surface area contributed by atoms with Crippen LogP contribution in [0.2, 0.25) is 0 Å². The van der Waals surface area contributed by atoms with Crippen LogP contribution in [-0.2, 0) is 4.74 Å². The van der Waals surface area contributed by atoms with E-state index in [9.17, 15) is 10.1 Å². The second-order valence-electron chi connectivity index (χ2n) is 4.25. The standard InChI is InChI=1S/C11H15BrN4O3/c1-13-6-9-7-15(2-3-19-9)11-10(12)4-8(5-14-11)16(17)18/h4-5,9,13H,2-3,6-7H2,1H3. The average Bonchev–Trinajstić information content (AvgIpc) is 2.39. The van der Waals surface area contributed by atoms with Gasteiger partial charge in [0.25, 0.3) is 5.69 Å². The van der Waals surface area contributed by atoms with E-state index in [2.05, 4.69) is 31.1 Å². The molecule has 1 aromatic heterocycles. The van der Waals surface area contributed by atoms with Crippen molar-refractivity contribution in [3.63, 3.8) is 0 Å². The molecular weight excluding hydrogens is 316 g/mol. The Morgan fingerprint density at radius 3 is 3.16 bits per heavy atom. The molecule has 0 aromatic carbocycles. The molecule has 0 spiro atoms. The smallest absolute Gasteiger partial charge is 0.288 e. The number of halogens is 1. The normalized spacial score (nSPS) is 19.5. The third-order valence-electron chi connectivity index (χ3n) is 2.89. The second kappa shape index (κ2) is 6.27. The van der Waals surface area contributed by atoms with Crippen molar-refractivity contribution in [2.45, 2.75) is 6.10 Å². The van der Waals surface area contributed by atoms with Crippen LogP contribution in [0.3, 0.4) is 0 Å². The van der Waals surface area contributed by atoms with Gasteiger partial charge in [-0.05, 0) is 23.0 Å². The molecule has 1 aromatic rings. The Balaban J connectivity index is 2.15. The number of anilines is 1. The molecule has 8 heteroatoms. The number of ether oxygens (including phenoxy) is 1. The highest BCUT2D eigenvalue weighted by molar-refractivity contribution is 9.10. The molecule has 1 aliphatic heterocycles. The fourth-order valence-electron chi connectivity index (χ4n) is 2.02. The van der Waals surface area contributed by atoms with Gasteiger partial charge in [0.05, 0.1) is 22.1 Å². The van der Waals surface area contributed by atoms with Gasteiger partial charge >= 0.3 is 0 Å². The van der Waals surface area contributed by atoms with Crippen LogP contribution in [0, 0.1) is 10.1 Å². The molecule has 2 rings (SSSR count). The molecule has 0 saturated carbocycles. The molecule has 2 heterocycles. The minimum Gasteiger partial charge on any atom is -0.373 e. The molecule has 1 aliphatic rings. The second-order valence-corrected chi connectivity index (χ2v) is 5.11. The number of nitrogens with zero attached hydrogens (tertiary/aromatic N) is 3. The van der Waals surface area contributed by atoms with E-state index in [0.717, 1.165) is 18.9 Å². The van der Waals surface area contributed by atoms with Gasteiger partial charge in [0, 0.05) is 25.7 Å². The van der Waals surface area contributed by atoms with Crippen LogP contribution in [0.5, 0.6) is 0 Å². The Kier molecular flexibility index (Phi) is 4.67. The van der Waals surface area contributed by atoms with Gasteiger partial charge < -0.3 is 15.0 Å². The van der Waals surface area contributed by atoms with E-state index in [1.54, 1.807) is 0 Å². The maximum absolute atomic E-state index is 10.7. The molecule has 0 aliphatic carbocycles. The third-order valence-corrected chi connectivity index (χ3v) is 3.47. The van der Waals surface area contributed by atoms with Crippen molar-refractivity contribution in [1.82, 2.24) is 10.3 Å². The van der Waals surface area contributed by atoms with E-state index in [-0.39, 0.29) is 11.8 Å². The van der Waals surface area contributed by atoms with E-state index in [1.165, 1.54) is 12.3 Å². The van der Waals surface area contributed by atoms with Gasteiger partial charge in [0.15, 0.2) is 0 Å². The molecule has 0 amide bonds. The van der Waals surface area contributed by atoms with Crippen LogP contribution in [0.4, 0.5) is 11.5 Å². The number of hydrogen-bond acceptors (Lipinski definition) is 6. The largest absolute Gasteiger partial charge is 0.373 e. The minimum absolute atomic E-state index is 0.0179. The first-order valence-corrected chi connectivity index (χ1v) is 6.72. The first-order chi connectivity index (χ1) is 9.11. The predicted molar refractivity (Wildman–Crippen MR) is 74.5 cm³/mol. The molecule has 1 saturated heterocycles. The van der Waals surface area contributed by atoms with Gasteiger partial charge in [-0.25, -0.2) is 4.98 Å². The maximum Gasteiger partial charge on any atom is 0.288 e. The van der Waals surface area contributed by atoms with Gasteiger partial charge in [-0.1, -0.05) is 0 Å². The molecule has 1 unspecified atom stereocenters. The number of pyridine rings is 1. The van der Waals surface area contributed by atoms with E-state index in [1.807, 2.05) is 7.05 Å². The number of hydrogen-bond donors (Lipinski definition) is 1. The molecule has 19 heavy (non-hydrogen) atoms. The summed E-state index contributed by atoms with van der Waals surface area (Å²) in [6.07, 6.45) is 1.38. The summed E-state index contributed by atoms with van der Waals surface area (Å²) >= 11 is 3.34. The van der Waals surface area contributed by atoms with Gasteiger partial charge in [0.1, 0.15) is 12.0 Å². The van der Waals surface area contributed by atoms with Gasteiger partial charge in [-0.15, -0.1) is 0 Å². The molecule has 7 nitrogen and oxygen atoms in total. The summed E-state index contributed by atoms with van der Waals surface area (Å²) in [6, 6.07) is 1.48. The van der Waals surface area contributed by atoms with Crippen molar-refractivity contribution in [2.24, 2.45) is 0 Å². The van der Waals surface area contributed by atoms with E-state index in [0.29, 0.717) is 17.6 Å². The first kappa shape index (κ1) is 14.2. The zero-order chi connectivity index (χ0) is 13.8. The summed E-state index contributed by atoms with van der Waals surface area (Å²) in [7, 11) is 1.88. The predicted octanol–water partition coefficient (Wildman–Crippen LogP) is 1.18. The SMILES string of the molecule is CNCC1CN(c2ncc([N+](=O)[O-])cc2Br)CCO1. The lowest BCUT2D eigenvalue weighted by atomic mass is 10.2. The lowest BCUT2D eigenvalue weighted by Gasteiger charge is -2.34. The molecule has 1 atom stereocenters. The van der Waals surface area contributed by atoms with Crippen molar-refractivity contribution >= 4 is 27.4 Å². The van der Waals surface area contributed by atoms with Crippen molar-refractivity contribution in [3.8, 4) is 0 Å². The number of aromatic nitrogens is 1. The van der Waals surface area contributed by atoms with Crippen molar-refractivity contribution in [3.05, 3.63) is 26.9 Å². The number of rotatable bonds is 4. The zero-order valence-corrected chi connectivity index (χ0v) is 12.1. The van der Waals surface area contributed by atoms with E-state index >= 15 is 0 Å². The molecule has 0 bridgehead atoms. The lowest BCUT2D eigenvalue weighted by molar-refractivity contribution is -0.385.